The number of carbonyl (C=O) groups is 2. The van der Waals surface area contributed by atoms with Crippen LogP contribution in [0.15, 0.2) is 17.1 Å². The van der Waals surface area contributed by atoms with Gasteiger partial charge in [-0.3, -0.25) is 9.59 Å². The smallest absolute Gasteiger partial charge is 0.271 e. The number of hydrogen-bond donors (Lipinski definition) is 2. The van der Waals surface area contributed by atoms with Crippen LogP contribution in [0.3, 0.4) is 0 Å². The quantitative estimate of drug-likeness (QED) is 0.392. The van der Waals surface area contributed by atoms with Gasteiger partial charge in [-0.25, -0.2) is 9.67 Å². The van der Waals surface area contributed by atoms with Crippen LogP contribution in [0.5, 0.6) is 11.5 Å². The number of benzene rings is 1. The topological polar surface area (TPSA) is 132 Å². The summed E-state index contributed by atoms with van der Waals surface area (Å²) in [6.07, 6.45) is 0. The highest BCUT2D eigenvalue weighted by molar-refractivity contribution is 5.97. The molecular formula is C26H37ClN6O5. The van der Waals surface area contributed by atoms with Crippen molar-refractivity contribution in [2.75, 3.05) is 33.9 Å². The van der Waals surface area contributed by atoms with Crippen LogP contribution in [-0.2, 0) is 12.0 Å². The second-order valence-electron chi connectivity index (χ2n) is 9.65. The Labute approximate surface area is 228 Å². The third kappa shape index (κ3) is 5.99. The van der Waals surface area contributed by atoms with E-state index in [4.69, 9.17) is 9.47 Å². The van der Waals surface area contributed by atoms with Gasteiger partial charge in [0, 0.05) is 30.3 Å². The lowest BCUT2D eigenvalue weighted by atomic mass is 9.84. The van der Waals surface area contributed by atoms with E-state index in [1.54, 1.807) is 26.3 Å². The van der Waals surface area contributed by atoms with E-state index in [0.717, 1.165) is 11.1 Å². The molecule has 38 heavy (non-hydrogen) atoms. The molecule has 3 aromatic rings. The van der Waals surface area contributed by atoms with Gasteiger partial charge in [-0.1, -0.05) is 20.8 Å². The second kappa shape index (κ2) is 12.4. The molecule has 0 aliphatic carbocycles. The fourth-order valence-electron chi connectivity index (χ4n) is 4.00. The summed E-state index contributed by atoms with van der Waals surface area (Å²) < 4.78 is 14.3. The Kier molecular flexibility index (Phi) is 10.0. The molecule has 0 spiro atoms. The first kappa shape index (κ1) is 30.8. The number of carbonyl (C=O) groups excluding carboxylic acids is 2. The predicted molar refractivity (Wildman–Crippen MR) is 146 cm³/mol. The molecule has 0 saturated heterocycles. The van der Waals surface area contributed by atoms with Crippen molar-refractivity contribution in [2.45, 2.75) is 53.5 Å². The van der Waals surface area contributed by atoms with Gasteiger partial charge in [0.25, 0.3) is 5.91 Å². The second-order valence-corrected chi connectivity index (χ2v) is 9.65. The number of rotatable bonds is 9. The summed E-state index contributed by atoms with van der Waals surface area (Å²) in [6, 6.07) is 3.42. The first-order valence-electron chi connectivity index (χ1n) is 12.2. The van der Waals surface area contributed by atoms with Crippen molar-refractivity contribution >= 4 is 29.7 Å². The summed E-state index contributed by atoms with van der Waals surface area (Å²) in [5.41, 5.74) is 3.50. The van der Waals surface area contributed by atoms with Crippen molar-refractivity contribution < 1.29 is 24.2 Å². The van der Waals surface area contributed by atoms with Gasteiger partial charge in [0.05, 0.1) is 13.7 Å². The zero-order valence-electron chi connectivity index (χ0n) is 23.2. The molecule has 0 aliphatic rings. The molecule has 11 nitrogen and oxygen atoms in total. The van der Waals surface area contributed by atoms with Crippen molar-refractivity contribution in [3.63, 3.8) is 0 Å². The summed E-state index contributed by atoms with van der Waals surface area (Å²) in [5, 5.41) is 21.0. The molecule has 2 N–H and O–H groups in total. The van der Waals surface area contributed by atoms with E-state index < -0.39 is 0 Å². The van der Waals surface area contributed by atoms with E-state index in [2.05, 4.69) is 20.5 Å². The number of halogens is 1. The number of nitrogens with zero attached hydrogens (tertiary/aromatic N) is 5. The summed E-state index contributed by atoms with van der Waals surface area (Å²) in [7, 11) is 3.10. The third-order valence-electron chi connectivity index (χ3n) is 6.06. The number of methoxy groups -OCH3 is 1. The summed E-state index contributed by atoms with van der Waals surface area (Å²) in [4.78, 5) is 30.5. The molecule has 1 amide bonds. The first-order valence-corrected chi connectivity index (χ1v) is 12.2. The Morgan fingerprint density at radius 2 is 1.84 bits per heavy atom. The highest BCUT2D eigenvalue weighted by Gasteiger charge is 2.26. The number of Topliss-reactive ketones (excluding diaryl/α,β-unsaturated/α-hetero) is 1. The van der Waals surface area contributed by atoms with Gasteiger partial charge in [-0.2, -0.15) is 9.61 Å². The number of amides is 1. The number of ketones is 1. The molecule has 0 aliphatic heterocycles. The Balaban J connectivity index is 0.00000507. The molecule has 12 heteroatoms. The molecule has 3 rings (SSSR count). The van der Waals surface area contributed by atoms with Crippen molar-refractivity contribution in [1.82, 2.24) is 24.7 Å². The number of aromatic nitrogens is 4. The van der Waals surface area contributed by atoms with Crippen LogP contribution < -0.4 is 20.4 Å². The third-order valence-corrected chi connectivity index (χ3v) is 6.06. The molecule has 0 saturated carbocycles. The minimum Gasteiger partial charge on any atom is -0.493 e. The molecule has 0 unspecified atom stereocenters. The number of fused-ring (bicyclic) bond motifs is 1. The molecule has 2 heterocycles. The minimum absolute atomic E-state index is 0. The molecule has 0 fully saturated rings. The zero-order chi connectivity index (χ0) is 27.5. The average molecular weight is 549 g/mol. The number of hydrogen-bond acceptors (Lipinski definition) is 8. The molecule has 208 valence electrons. The van der Waals surface area contributed by atoms with Gasteiger partial charge < -0.3 is 19.9 Å². The van der Waals surface area contributed by atoms with Gasteiger partial charge in [-0.15, -0.1) is 17.5 Å². The Bertz CT molecular complexity index is 1400. The van der Waals surface area contributed by atoms with Crippen LogP contribution in [-0.4, -0.2) is 70.1 Å². The monoisotopic (exact) mass is 548 g/mol. The van der Waals surface area contributed by atoms with Gasteiger partial charge in [0.15, 0.2) is 28.6 Å². The van der Waals surface area contributed by atoms with Crippen LogP contribution in [0.2, 0.25) is 0 Å². The van der Waals surface area contributed by atoms with E-state index in [0.29, 0.717) is 40.4 Å². The molecule has 1 aromatic carbocycles. The van der Waals surface area contributed by atoms with Gasteiger partial charge >= 0.3 is 0 Å². The molecule has 2 aromatic heterocycles. The summed E-state index contributed by atoms with van der Waals surface area (Å²) in [5.74, 6) is 0.374. The van der Waals surface area contributed by atoms with E-state index >= 15 is 0 Å². The van der Waals surface area contributed by atoms with E-state index in [1.807, 2.05) is 41.5 Å². The number of ether oxygens (including phenoxy) is 2. The van der Waals surface area contributed by atoms with Crippen molar-refractivity contribution in [3.05, 3.63) is 45.7 Å². The molecule has 0 atom stereocenters. The maximum Gasteiger partial charge on any atom is 0.271 e. The van der Waals surface area contributed by atoms with Crippen molar-refractivity contribution in [3.8, 4) is 11.5 Å². The predicted octanol–water partition coefficient (Wildman–Crippen LogP) is 2.41. The largest absolute Gasteiger partial charge is 0.493 e. The number of nitrogens with one attached hydrogen (secondary N) is 1. The number of aliphatic hydroxyl groups is 1. The van der Waals surface area contributed by atoms with Crippen LogP contribution in [0, 0.1) is 13.8 Å². The lowest BCUT2D eigenvalue weighted by Gasteiger charge is -2.25. The fraction of sp³-hybridized carbons (Fsp3) is 0.500. The summed E-state index contributed by atoms with van der Waals surface area (Å²) in [6.45, 7) is 11.8. The standard InChI is InChI=1S/C26H36N6O5.ClH/c1-9-28-25-31(30-23-16(3)15(2)21(24(35)27-7)29-32(23)25)14-19(34)17-12-18(26(4,5)6)22(36-8)20(13-17)37-11-10-33;/h12-13,33H,9-11,14H2,1-8H3,(H,27,35);1H/b28-25+;. The first-order chi connectivity index (χ1) is 17.5. The van der Waals surface area contributed by atoms with E-state index in [9.17, 15) is 14.7 Å². The maximum absolute atomic E-state index is 13.6. The Morgan fingerprint density at radius 3 is 2.39 bits per heavy atom. The maximum atomic E-state index is 13.6. The highest BCUT2D eigenvalue weighted by Crippen LogP contribution is 2.40. The summed E-state index contributed by atoms with van der Waals surface area (Å²) >= 11 is 0. The highest BCUT2D eigenvalue weighted by atomic mass is 35.5. The van der Waals surface area contributed by atoms with Crippen LogP contribution in [0.1, 0.15) is 65.2 Å². The van der Waals surface area contributed by atoms with Gasteiger partial charge in [-0.05, 0) is 43.9 Å². The fourth-order valence-corrected chi connectivity index (χ4v) is 4.00. The van der Waals surface area contributed by atoms with Crippen molar-refractivity contribution in [2.24, 2.45) is 4.99 Å². The van der Waals surface area contributed by atoms with E-state index in [1.165, 1.54) is 9.20 Å². The van der Waals surface area contributed by atoms with Gasteiger partial charge in [0.2, 0.25) is 5.62 Å². The average Bonchev–Trinajstić information content (AvgIpc) is 3.20. The van der Waals surface area contributed by atoms with Crippen LogP contribution >= 0.6 is 12.4 Å². The lowest BCUT2D eigenvalue weighted by molar-refractivity contribution is 0.0950. The lowest BCUT2D eigenvalue weighted by Crippen LogP contribution is -2.30. The van der Waals surface area contributed by atoms with Crippen LogP contribution in [0.25, 0.3) is 5.65 Å². The van der Waals surface area contributed by atoms with E-state index in [-0.39, 0.29) is 55.0 Å². The minimum atomic E-state index is -0.341. The molecule has 0 radical (unpaired) electrons. The Morgan fingerprint density at radius 1 is 1.16 bits per heavy atom. The SMILES string of the molecule is CC/N=c1\n(CC(=O)c2cc(OCCO)c(OC)c(C(C)(C)C)c2)nc2c(C)c(C)c(C(=O)NC)nn12.Cl. The van der Waals surface area contributed by atoms with Crippen LogP contribution in [0.4, 0.5) is 0 Å². The molecule has 0 bridgehead atoms. The normalized spacial score (nSPS) is 11.9. The Hall–Kier alpha value is -3.44. The zero-order valence-corrected chi connectivity index (χ0v) is 24.0. The van der Waals surface area contributed by atoms with Crippen molar-refractivity contribution in [1.29, 1.82) is 0 Å². The number of aryl methyl sites for hydroxylation is 1. The van der Waals surface area contributed by atoms with Gasteiger partial charge in [0.1, 0.15) is 13.2 Å². The molecular weight excluding hydrogens is 512 g/mol. The number of aliphatic hydroxyl groups excluding tert-OH is 1.